The summed E-state index contributed by atoms with van der Waals surface area (Å²) < 4.78 is 1.12. The van der Waals surface area contributed by atoms with Crippen molar-refractivity contribution < 1.29 is 9.59 Å². The highest BCUT2D eigenvalue weighted by molar-refractivity contribution is 14.1. The summed E-state index contributed by atoms with van der Waals surface area (Å²) in [6.07, 6.45) is 0. The first-order valence-corrected chi connectivity index (χ1v) is 7.49. The van der Waals surface area contributed by atoms with Crippen molar-refractivity contribution in [1.29, 1.82) is 0 Å². The Hall–Kier alpha value is -1.89. The molecule has 0 saturated carbocycles. The molecule has 0 spiro atoms. The molecule has 2 amide bonds. The predicted molar refractivity (Wildman–Crippen MR) is 92.6 cm³/mol. The summed E-state index contributed by atoms with van der Waals surface area (Å²) in [7, 11) is 0. The molecule has 0 aromatic heterocycles. The molecule has 0 aliphatic heterocycles. The molecule has 2 aromatic rings. The topological polar surface area (TPSA) is 58.2 Å². The zero-order valence-corrected chi connectivity index (χ0v) is 13.9. The van der Waals surface area contributed by atoms with Gasteiger partial charge in [0.2, 0.25) is 5.91 Å². The van der Waals surface area contributed by atoms with Crippen molar-refractivity contribution >= 4 is 45.8 Å². The third kappa shape index (κ3) is 4.29. The Morgan fingerprint density at radius 1 is 1.05 bits per heavy atom. The van der Waals surface area contributed by atoms with E-state index < -0.39 is 0 Å². The van der Waals surface area contributed by atoms with Crippen LogP contribution in [0.1, 0.15) is 22.8 Å². The number of aryl methyl sites for hydroxylation is 1. The van der Waals surface area contributed by atoms with Crippen LogP contribution in [0.5, 0.6) is 0 Å². The van der Waals surface area contributed by atoms with E-state index in [4.69, 9.17) is 0 Å². The number of amides is 2. The number of nitrogens with one attached hydrogen (secondary N) is 2. The number of rotatable bonds is 3. The molecule has 0 unspecified atom stereocenters. The number of halogens is 1. The second-order valence-corrected chi connectivity index (χ2v) is 5.92. The molecule has 0 heterocycles. The van der Waals surface area contributed by atoms with E-state index in [1.165, 1.54) is 6.92 Å². The minimum absolute atomic E-state index is 0.166. The molecule has 5 heteroatoms. The zero-order valence-electron chi connectivity index (χ0n) is 11.7. The maximum Gasteiger partial charge on any atom is 0.255 e. The quantitative estimate of drug-likeness (QED) is 0.778. The van der Waals surface area contributed by atoms with E-state index in [2.05, 4.69) is 33.2 Å². The molecule has 0 aliphatic carbocycles. The first kappa shape index (κ1) is 15.5. The van der Waals surface area contributed by atoms with Gasteiger partial charge < -0.3 is 10.6 Å². The summed E-state index contributed by atoms with van der Waals surface area (Å²) in [5, 5.41) is 5.54. The van der Waals surface area contributed by atoms with Crippen molar-refractivity contribution in [3.8, 4) is 0 Å². The molecular formula is C16H15IN2O2. The molecule has 0 saturated heterocycles. The fraction of sp³-hybridized carbons (Fsp3) is 0.125. The van der Waals surface area contributed by atoms with Gasteiger partial charge in [0.25, 0.3) is 5.91 Å². The molecule has 0 radical (unpaired) electrons. The van der Waals surface area contributed by atoms with E-state index >= 15 is 0 Å². The third-order valence-electron chi connectivity index (χ3n) is 2.88. The molecule has 2 rings (SSSR count). The Bertz CT molecular complexity index is 698. The van der Waals surface area contributed by atoms with Crippen LogP contribution in [-0.4, -0.2) is 11.8 Å². The third-order valence-corrected chi connectivity index (χ3v) is 3.55. The van der Waals surface area contributed by atoms with Gasteiger partial charge in [0.1, 0.15) is 0 Å². The Morgan fingerprint density at radius 3 is 2.48 bits per heavy atom. The molecule has 4 nitrogen and oxygen atoms in total. The number of hydrogen-bond acceptors (Lipinski definition) is 2. The average Bonchev–Trinajstić information content (AvgIpc) is 2.41. The lowest BCUT2D eigenvalue weighted by atomic mass is 10.1. The fourth-order valence-corrected chi connectivity index (χ4v) is 2.55. The molecule has 21 heavy (non-hydrogen) atoms. The van der Waals surface area contributed by atoms with Gasteiger partial charge in [-0.15, -0.1) is 0 Å². The van der Waals surface area contributed by atoms with Gasteiger partial charge in [-0.05, 0) is 71.5 Å². The monoisotopic (exact) mass is 394 g/mol. The maximum absolute atomic E-state index is 12.3. The highest BCUT2D eigenvalue weighted by Gasteiger charge is 2.09. The van der Waals surface area contributed by atoms with E-state index in [0.717, 1.165) is 14.8 Å². The number of carbonyl (C=O) groups is 2. The lowest BCUT2D eigenvalue weighted by Crippen LogP contribution is -2.13. The lowest BCUT2D eigenvalue weighted by Gasteiger charge is -2.10. The predicted octanol–water partition coefficient (Wildman–Crippen LogP) is 3.81. The van der Waals surface area contributed by atoms with Crippen molar-refractivity contribution in [2.45, 2.75) is 13.8 Å². The standard InChI is InChI=1S/C16H15IN2O2/c1-10-8-13(17)6-7-15(10)19-16(21)12-4-3-5-14(9-12)18-11(2)20/h3-9H,1-2H3,(H,18,20)(H,19,21). The summed E-state index contributed by atoms with van der Waals surface area (Å²) in [5.74, 6) is -0.368. The molecule has 0 atom stereocenters. The first-order chi connectivity index (χ1) is 9.95. The Balaban J connectivity index is 2.18. The van der Waals surface area contributed by atoms with Crippen LogP contribution in [0.2, 0.25) is 0 Å². The zero-order chi connectivity index (χ0) is 15.4. The highest BCUT2D eigenvalue weighted by atomic mass is 127. The van der Waals surface area contributed by atoms with Gasteiger partial charge in [-0.1, -0.05) is 6.07 Å². The largest absolute Gasteiger partial charge is 0.326 e. The molecule has 0 bridgehead atoms. The van der Waals surface area contributed by atoms with Gasteiger partial charge in [0, 0.05) is 27.4 Å². The number of hydrogen-bond donors (Lipinski definition) is 2. The van der Waals surface area contributed by atoms with Gasteiger partial charge in [0.05, 0.1) is 0 Å². The SMILES string of the molecule is CC(=O)Nc1cccc(C(=O)Nc2ccc(I)cc2C)c1. The molecule has 2 aromatic carbocycles. The van der Waals surface area contributed by atoms with E-state index in [1.807, 2.05) is 25.1 Å². The first-order valence-electron chi connectivity index (χ1n) is 6.41. The molecule has 108 valence electrons. The van der Waals surface area contributed by atoms with E-state index in [9.17, 15) is 9.59 Å². The Morgan fingerprint density at radius 2 is 1.81 bits per heavy atom. The van der Waals surface area contributed by atoms with Crippen molar-refractivity contribution in [1.82, 2.24) is 0 Å². The van der Waals surface area contributed by atoms with E-state index in [0.29, 0.717) is 11.3 Å². The van der Waals surface area contributed by atoms with Crippen LogP contribution in [0, 0.1) is 10.5 Å². The van der Waals surface area contributed by atoms with Crippen LogP contribution < -0.4 is 10.6 Å². The van der Waals surface area contributed by atoms with Crippen LogP contribution in [0.15, 0.2) is 42.5 Å². The second-order valence-electron chi connectivity index (χ2n) is 4.68. The van der Waals surface area contributed by atoms with Crippen molar-refractivity contribution in [3.63, 3.8) is 0 Å². The average molecular weight is 394 g/mol. The Labute approximate surface area is 137 Å². The van der Waals surface area contributed by atoms with Crippen molar-refractivity contribution in [2.75, 3.05) is 10.6 Å². The summed E-state index contributed by atoms with van der Waals surface area (Å²) in [6, 6.07) is 12.7. The van der Waals surface area contributed by atoms with Gasteiger partial charge in [-0.3, -0.25) is 9.59 Å². The molecule has 0 aliphatic rings. The van der Waals surface area contributed by atoms with Crippen LogP contribution in [0.3, 0.4) is 0 Å². The number of benzene rings is 2. The van der Waals surface area contributed by atoms with Gasteiger partial charge in [-0.25, -0.2) is 0 Å². The molecule has 0 fully saturated rings. The van der Waals surface area contributed by atoms with E-state index in [1.54, 1.807) is 24.3 Å². The smallest absolute Gasteiger partial charge is 0.255 e. The van der Waals surface area contributed by atoms with Gasteiger partial charge >= 0.3 is 0 Å². The summed E-state index contributed by atoms with van der Waals surface area (Å²) >= 11 is 2.23. The minimum Gasteiger partial charge on any atom is -0.326 e. The summed E-state index contributed by atoms with van der Waals surface area (Å²) in [5.41, 5.74) is 2.90. The summed E-state index contributed by atoms with van der Waals surface area (Å²) in [4.78, 5) is 23.3. The summed E-state index contributed by atoms with van der Waals surface area (Å²) in [6.45, 7) is 3.38. The van der Waals surface area contributed by atoms with E-state index in [-0.39, 0.29) is 11.8 Å². The van der Waals surface area contributed by atoms with Crippen molar-refractivity contribution in [3.05, 3.63) is 57.2 Å². The second kappa shape index (κ2) is 6.71. The fourth-order valence-electron chi connectivity index (χ4n) is 1.90. The van der Waals surface area contributed by atoms with Crippen LogP contribution in [-0.2, 0) is 4.79 Å². The van der Waals surface area contributed by atoms with Crippen LogP contribution in [0.25, 0.3) is 0 Å². The Kier molecular flexibility index (Phi) is 4.95. The minimum atomic E-state index is -0.202. The van der Waals surface area contributed by atoms with Gasteiger partial charge in [-0.2, -0.15) is 0 Å². The molecular weight excluding hydrogens is 379 g/mol. The maximum atomic E-state index is 12.3. The van der Waals surface area contributed by atoms with Crippen LogP contribution in [0.4, 0.5) is 11.4 Å². The van der Waals surface area contributed by atoms with Gasteiger partial charge in [0.15, 0.2) is 0 Å². The lowest BCUT2D eigenvalue weighted by molar-refractivity contribution is -0.114. The molecule has 2 N–H and O–H groups in total. The van der Waals surface area contributed by atoms with Crippen molar-refractivity contribution in [2.24, 2.45) is 0 Å². The highest BCUT2D eigenvalue weighted by Crippen LogP contribution is 2.19. The van der Waals surface area contributed by atoms with Crippen LogP contribution >= 0.6 is 22.6 Å². The normalized spacial score (nSPS) is 10.0. The number of anilines is 2. The number of carbonyl (C=O) groups excluding carboxylic acids is 2.